The van der Waals surface area contributed by atoms with Crippen LogP contribution in [0.4, 0.5) is 0 Å². The maximum absolute atomic E-state index is 8.36. The number of nitrogens with zero attached hydrogens (tertiary/aromatic N) is 1. The van der Waals surface area contributed by atoms with E-state index in [9.17, 15) is 0 Å². The van der Waals surface area contributed by atoms with Crippen LogP contribution in [0, 0.1) is 5.41 Å². The van der Waals surface area contributed by atoms with Crippen LogP contribution in [-0.2, 0) is 0 Å². The Morgan fingerprint density at radius 3 is 2.85 bits per heavy atom. The van der Waals surface area contributed by atoms with E-state index in [1.165, 1.54) is 19.3 Å². The molecule has 0 aromatic carbocycles. The summed E-state index contributed by atoms with van der Waals surface area (Å²) in [5.41, 5.74) is 5.72. The molecule has 4 heteroatoms. The largest absolute Gasteiger partial charge is 0.409 e. The van der Waals surface area contributed by atoms with Crippen molar-refractivity contribution >= 4 is 5.84 Å². The molecule has 0 heterocycles. The number of nitrogens with one attached hydrogen (secondary N) is 1. The predicted octanol–water partition coefficient (Wildman–Crippen LogP) is 0.901. The Morgan fingerprint density at radius 2 is 2.38 bits per heavy atom. The lowest BCUT2D eigenvalue weighted by Gasteiger charge is -2.27. The minimum Gasteiger partial charge on any atom is -0.409 e. The fraction of sp³-hybridized carbons (Fsp3) is 0.889. The SMILES string of the molecule is CC1(C)CCCC1NC/C(N)=N/O. The van der Waals surface area contributed by atoms with E-state index in [4.69, 9.17) is 10.9 Å². The van der Waals surface area contributed by atoms with Crippen molar-refractivity contribution in [1.29, 1.82) is 0 Å². The highest BCUT2D eigenvalue weighted by Crippen LogP contribution is 2.36. The van der Waals surface area contributed by atoms with Gasteiger partial charge in [-0.05, 0) is 18.3 Å². The average molecular weight is 185 g/mol. The summed E-state index contributed by atoms with van der Waals surface area (Å²) in [5.74, 6) is 0.253. The average Bonchev–Trinajstić information content (AvgIpc) is 2.41. The molecule has 1 rings (SSSR count). The van der Waals surface area contributed by atoms with Gasteiger partial charge in [0.05, 0.1) is 6.54 Å². The molecular formula is C9H19N3O. The molecule has 0 spiro atoms. The number of oxime groups is 1. The summed E-state index contributed by atoms with van der Waals surface area (Å²) in [5, 5.41) is 14.6. The zero-order chi connectivity index (χ0) is 9.90. The van der Waals surface area contributed by atoms with Gasteiger partial charge < -0.3 is 16.3 Å². The lowest BCUT2D eigenvalue weighted by molar-refractivity contribution is 0.288. The van der Waals surface area contributed by atoms with Crippen molar-refractivity contribution in [1.82, 2.24) is 5.32 Å². The van der Waals surface area contributed by atoms with Crippen LogP contribution in [-0.4, -0.2) is 23.6 Å². The fourth-order valence-corrected chi connectivity index (χ4v) is 1.97. The van der Waals surface area contributed by atoms with Crippen molar-refractivity contribution in [2.24, 2.45) is 16.3 Å². The van der Waals surface area contributed by atoms with E-state index in [1.54, 1.807) is 0 Å². The van der Waals surface area contributed by atoms with Gasteiger partial charge in [0.1, 0.15) is 0 Å². The molecule has 0 saturated heterocycles. The van der Waals surface area contributed by atoms with Crippen molar-refractivity contribution in [3.63, 3.8) is 0 Å². The molecule has 1 atom stereocenters. The Hall–Kier alpha value is -0.770. The molecular weight excluding hydrogens is 166 g/mol. The van der Waals surface area contributed by atoms with E-state index in [2.05, 4.69) is 24.3 Å². The summed E-state index contributed by atoms with van der Waals surface area (Å²) in [6.45, 7) is 4.98. The van der Waals surface area contributed by atoms with Gasteiger partial charge in [-0.15, -0.1) is 0 Å². The summed E-state index contributed by atoms with van der Waals surface area (Å²) in [7, 11) is 0. The van der Waals surface area contributed by atoms with Gasteiger partial charge in [-0.2, -0.15) is 0 Å². The first-order chi connectivity index (χ1) is 6.06. The number of hydrogen-bond acceptors (Lipinski definition) is 3. The van der Waals surface area contributed by atoms with E-state index < -0.39 is 0 Å². The predicted molar refractivity (Wildman–Crippen MR) is 52.8 cm³/mol. The molecule has 1 saturated carbocycles. The Balaban J connectivity index is 2.37. The van der Waals surface area contributed by atoms with Crippen molar-refractivity contribution in [3.05, 3.63) is 0 Å². The molecule has 76 valence electrons. The molecule has 0 radical (unpaired) electrons. The maximum Gasteiger partial charge on any atom is 0.153 e. The molecule has 0 bridgehead atoms. The van der Waals surface area contributed by atoms with E-state index in [1.807, 2.05) is 0 Å². The zero-order valence-corrected chi connectivity index (χ0v) is 8.38. The molecule has 0 aromatic rings. The zero-order valence-electron chi connectivity index (χ0n) is 8.38. The summed E-state index contributed by atoms with van der Waals surface area (Å²) in [4.78, 5) is 0. The smallest absolute Gasteiger partial charge is 0.153 e. The number of rotatable bonds is 3. The summed E-state index contributed by atoms with van der Waals surface area (Å²) in [6.07, 6.45) is 3.70. The Kier molecular flexibility index (Phi) is 3.14. The van der Waals surface area contributed by atoms with Gasteiger partial charge in [-0.1, -0.05) is 25.4 Å². The van der Waals surface area contributed by atoms with Crippen LogP contribution in [0.1, 0.15) is 33.1 Å². The monoisotopic (exact) mass is 185 g/mol. The van der Waals surface area contributed by atoms with Gasteiger partial charge in [0, 0.05) is 6.04 Å². The topological polar surface area (TPSA) is 70.6 Å². The van der Waals surface area contributed by atoms with Gasteiger partial charge >= 0.3 is 0 Å². The van der Waals surface area contributed by atoms with Crippen LogP contribution < -0.4 is 11.1 Å². The van der Waals surface area contributed by atoms with Crippen LogP contribution in [0.5, 0.6) is 0 Å². The van der Waals surface area contributed by atoms with Crippen LogP contribution >= 0.6 is 0 Å². The number of hydrogen-bond donors (Lipinski definition) is 3. The first kappa shape index (κ1) is 10.3. The van der Waals surface area contributed by atoms with Gasteiger partial charge in [-0.3, -0.25) is 0 Å². The second-order valence-corrected chi connectivity index (χ2v) is 4.41. The molecule has 0 aromatic heterocycles. The Bertz CT molecular complexity index is 201. The summed E-state index contributed by atoms with van der Waals surface area (Å²) in [6, 6.07) is 0.493. The van der Waals surface area contributed by atoms with E-state index in [-0.39, 0.29) is 5.84 Å². The fourth-order valence-electron chi connectivity index (χ4n) is 1.97. The number of amidine groups is 1. The third kappa shape index (κ3) is 2.59. The van der Waals surface area contributed by atoms with Crippen LogP contribution in [0.25, 0.3) is 0 Å². The molecule has 4 N–H and O–H groups in total. The van der Waals surface area contributed by atoms with E-state index >= 15 is 0 Å². The molecule has 1 aliphatic rings. The summed E-state index contributed by atoms with van der Waals surface area (Å²) < 4.78 is 0. The van der Waals surface area contributed by atoms with Crippen LogP contribution in [0.3, 0.4) is 0 Å². The van der Waals surface area contributed by atoms with Crippen molar-refractivity contribution < 1.29 is 5.21 Å². The second kappa shape index (κ2) is 3.96. The number of nitrogens with two attached hydrogens (primary N) is 1. The quantitative estimate of drug-likeness (QED) is 0.265. The lowest BCUT2D eigenvalue weighted by atomic mass is 9.87. The Morgan fingerprint density at radius 1 is 1.69 bits per heavy atom. The standard InChI is InChI=1S/C9H19N3O/c1-9(2)5-3-4-7(9)11-6-8(10)12-13/h7,11,13H,3-6H2,1-2H3,(H2,10,12). The highest BCUT2D eigenvalue weighted by atomic mass is 16.4. The lowest BCUT2D eigenvalue weighted by Crippen LogP contribution is -2.42. The Labute approximate surface area is 79.2 Å². The normalized spacial score (nSPS) is 27.8. The van der Waals surface area contributed by atoms with Gasteiger partial charge in [0.25, 0.3) is 0 Å². The third-order valence-electron chi connectivity index (χ3n) is 2.92. The van der Waals surface area contributed by atoms with Crippen molar-refractivity contribution in [3.8, 4) is 0 Å². The van der Waals surface area contributed by atoms with Crippen LogP contribution in [0.15, 0.2) is 5.16 Å². The van der Waals surface area contributed by atoms with Crippen molar-refractivity contribution in [2.75, 3.05) is 6.54 Å². The molecule has 0 amide bonds. The van der Waals surface area contributed by atoms with Gasteiger partial charge in [-0.25, -0.2) is 0 Å². The molecule has 4 nitrogen and oxygen atoms in total. The maximum atomic E-state index is 8.36. The third-order valence-corrected chi connectivity index (χ3v) is 2.92. The van der Waals surface area contributed by atoms with Gasteiger partial charge in [0.2, 0.25) is 0 Å². The van der Waals surface area contributed by atoms with Crippen LogP contribution in [0.2, 0.25) is 0 Å². The highest BCUT2D eigenvalue weighted by molar-refractivity contribution is 5.81. The first-order valence-corrected chi connectivity index (χ1v) is 4.76. The molecule has 0 aliphatic heterocycles. The van der Waals surface area contributed by atoms with Gasteiger partial charge in [0.15, 0.2) is 5.84 Å². The first-order valence-electron chi connectivity index (χ1n) is 4.76. The van der Waals surface area contributed by atoms with E-state index in [0.29, 0.717) is 18.0 Å². The molecule has 1 fully saturated rings. The summed E-state index contributed by atoms with van der Waals surface area (Å²) >= 11 is 0. The molecule has 1 unspecified atom stereocenters. The van der Waals surface area contributed by atoms with E-state index in [0.717, 1.165) is 0 Å². The second-order valence-electron chi connectivity index (χ2n) is 4.41. The molecule has 1 aliphatic carbocycles. The van der Waals surface area contributed by atoms with Crippen molar-refractivity contribution in [2.45, 2.75) is 39.2 Å². The minimum atomic E-state index is 0.253. The highest BCUT2D eigenvalue weighted by Gasteiger charge is 2.33. The molecule has 13 heavy (non-hydrogen) atoms. The minimum absolute atomic E-state index is 0.253.